The lowest BCUT2D eigenvalue weighted by Gasteiger charge is -2.13. The number of hydrogen-bond acceptors (Lipinski definition) is 3. The SMILES string of the molecule is NCC(Nc1cc(Cl)cc(Cl)c1)C(=O)O. The van der Waals surface area contributed by atoms with Crippen LogP contribution in [0.3, 0.4) is 0 Å². The molecule has 0 radical (unpaired) electrons. The minimum Gasteiger partial charge on any atom is -0.480 e. The lowest BCUT2D eigenvalue weighted by Crippen LogP contribution is -2.36. The van der Waals surface area contributed by atoms with E-state index in [1.54, 1.807) is 18.2 Å². The standard InChI is InChI=1S/C9H10Cl2N2O2/c10-5-1-6(11)3-7(2-5)13-8(4-12)9(14)15/h1-3,8,13H,4,12H2,(H,14,15). The van der Waals surface area contributed by atoms with Gasteiger partial charge in [0.1, 0.15) is 6.04 Å². The Morgan fingerprint density at radius 1 is 1.40 bits per heavy atom. The molecular weight excluding hydrogens is 239 g/mol. The second kappa shape index (κ2) is 5.21. The van der Waals surface area contributed by atoms with Gasteiger partial charge in [-0.25, -0.2) is 4.79 Å². The van der Waals surface area contributed by atoms with Gasteiger partial charge in [-0.2, -0.15) is 0 Å². The molecule has 0 aliphatic rings. The van der Waals surface area contributed by atoms with Crippen LogP contribution in [-0.2, 0) is 4.79 Å². The fourth-order valence-electron chi connectivity index (χ4n) is 1.06. The second-order valence-electron chi connectivity index (χ2n) is 2.93. The number of rotatable bonds is 4. The summed E-state index contributed by atoms with van der Waals surface area (Å²) in [6.07, 6.45) is 0. The Hall–Kier alpha value is -0.970. The van der Waals surface area contributed by atoms with Crippen LogP contribution in [0.2, 0.25) is 10.0 Å². The Morgan fingerprint density at radius 3 is 2.33 bits per heavy atom. The van der Waals surface area contributed by atoms with E-state index in [1.165, 1.54) is 0 Å². The number of nitrogens with two attached hydrogens (primary N) is 1. The van der Waals surface area contributed by atoms with Gasteiger partial charge < -0.3 is 16.2 Å². The summed E-state index contributed by atoms with van der Waals surface area (Å²) in [6.45, 7) is -0.0144. The lowest BCUT2D eigenvalue weighted by atomic mass is 10.2. The normalized spacial score (nSPS) is 12.2. The highest BCUT2D eigenvalue weighted by Crippen LogP contribution is 2.22. The Bertz CT molecular complexity index is 351. The van der Waals surface area contributed by atoms with E-state index in [-0.39, 0.29) is 6.54 Å². The van der Waals surface area contributed by atoms with Gasteiger partial charge in [0.2, 0.25) is 0 Å². The van der Waals surface area contributed by atoms with E-state index in [9.17, 15) is 4.79 Å². The molecule has 0 saturated carbocycles. The summed E-state index contributed by atoms with van der Waals surface area (Å²) in [4.78, 5) is 10.7. The predicted octanol–water partition coefficient (Wildman–Crippen LogP) is 1.82. The van der Waals surface area contributed by atoms with Crippen molar-refractivity contribution in [1.82, 2.24) is 0 Å². The van der Waals surface area contributed by atoms with Gasteiger partial charge in [0.15, 0.2) is 0 Å². The Morgan fingerprint density at radius 2 is 1.93 bits per heavy atom. The maximum Gasteiger partial charge on any atom is 0.327 e. The van der Waals surface area contributed by atoms with E-state index in [1.807, 2.05) is 0 Å². The van der Waals surface area contributed by atoms with Crippen LogP contribution >= 0.6 is 23.2 Å². The number of carboxylic acid groups (broad SMARTS) is 1. The summed E-state index contributed by atoms with van der Waals surface area (Å²) in [5.41, 5.74) is 5.82. The molecule has 0 fully saturated rings. The molecule has 1 atom stereocenters. The highest BCUT2D eigenvalue weighted by molar-refractivity contribution is 6.35. The predicted molar refractivity (Wildman–Crippen MR) is 60.6 cm³/mol. The molecule has 0 bridgehead atoms. The number of halogens is 2. The van der Waals surface area contributed by atoms with Crippen LogP contribution in [0.4, 0.5) is 5.69 Å². The number of carboxylic acids is 1. The molecule has 4 nitrogen and oxygen atoms in total. The van der Waals surface area contributed by atoms with Crippen LogP contribution in [-0.4, -0.2) is 23.7 Å². The minimum atomic E-state index is -1.02. The molecule has 0 aromatic heterocycles. The number of benzene rings is 1. The van der Waals surface area contributed by atoms with Crippen molar-refractivity contribution < 1.29 is 9.90 Å². The summed E-state index contributed by atoms with van der Waals surface area (Å²) >= 11 is 11.5. The van der Waals surface area contributed by atoms with Crippen molar-refractivity contribution in [2.75, 3.05) is 11.9 Å². The van der Waals surface area contributed by atoms with Crippen molar-refractivity contribution >= 4 is 34.9 Å². The van der Waals surface area contributed by atoms with Crippen LogP contribution < -0.4 is 11.1 Å². The zero-order valence-corrected chi connectivity index (χ0v) is 9.22. The number of carbonyl (C=O) groups is 1. The van der Waals surface area contributed by atoms with Gasteiger partial charge in [0.25, 0.3) is 0 Å². The molecule has 0 aliphatic heterocycles. The fourth-order valence-corrected chi connectivity index (χ4v) is 1.59. The van der Waals surface area contributed by atoms with Crippen molar-refractivity contribution in [2.24, 2.45) is 5.73 Å². The fraction of sp³-hybridized carbons (Fsp3) is 0.222. The molecule has 0 amide bonds. The van der Waals surface area contributed by atoms with E-state index in [0.717, 1.165) is 0 Å². The largest absolute Gasteiger partial charge is 0.480 e. The third-order valence-electron chi connectivity index (χ3n) is 1.74. The molecule has 82 valence electrons. The maximum absolute atomic E-state index is 10.7. The van der Waals surface area contributed by atoms with E-state index >= 15 is 0 Å². The van der Waals surface area contributed by atoms with E-state index in [4.69, 9.17) is 34.0 Å². The van der Waals surface area contributed by atoms with Crippen LogP contribution in [0, 0.1) is 0 Å². The first kappa shape index (κ1) is 12.1. The molecule has 6 heteroatoms. The highest BCUT2D eigenvalue weighted by Gasteiger charge is 2.14. The van der Waals surface area contributed by atoms with Crippen molar-refractivity contribution in [3.05, 3.63) is 28.2 Å². The molecule has 4 N–H and O–H groups in total. The summed E-state index contributed by atoms with van der Waals surface area (Å²) in [6, 6.07) is 3.88. The Balaban J connectivity index is 2.83. The number of aliphatic carboxylic acids is 1. The van der Waals surface area contributed by atoms with Gasteiger partial charge >= 0.3 is 5.97 Å². The smallest absolute Gasteiger partial charge is 0.327 e. The van der Waals surface area contributed by atoms with E-state index in [0.29, 0.717) is 15.7 Å². The number of anilines is 1. The third kappa shape index (κ3) is 3.58. The number of hydrogen-bond donors (Lipinski definition) is 3. The first-order valence-electron chi connectivity index (χ1n) is 4.18. The Labute approximate surface area is 97.0 Å². The van der Waals surface area contributed by atoms with Gasteiger partial charge in [-0.15, -0.1) is 0 Å². The summed E-state index contributed by atoms with van der Waals surface area (Å²) in [5.74, 6) is -1.02. The minimum absolute atomic E-state index is 0.0144. The van der Waals surface area contributed by atoms with Crippen LogP contribution in [0.15, 0.2) is 18.2 Å². The van der Waals surface area contributed by atoms with Crippen molar-refractivity contribution in [2.45, 2.75) is 6.04 Å². The zero-order chi connectivity index (χ0) is 11.4. The van der Waals surface area contributed by atoms with E-state index < -0.39 is 12.0 Å². The molecule has 15 heavy (non-hydrogen) atoms. The summed E-state index contributed by atoms with van der Waals surface area (Å²) in [5, 5.41) is 12.4. The topological polar surface area (TPSA) is 75.3 Å². The van der Waals surface area contributed by atoms with Gasteiger partial charge in [-0.05, 0) is 18.2 Å². The average molecular weight is 249 g/mol. The Kier molecular flexibility index (Phi) is 4.20. The van der Waals surface area contributed by atoms with E-state index in [2.05, 4.69) is 5.32 Å². The third-order valence-corrected chi connectivity index (χ3v) is 2.17. The number of nitrogens with one attached hydrogen (secondary N) is 1. The summed E-state index contributed by atoms with van der Waals surface area (Å²) in [7, 11) is 0. The molecule has 0 spiro atoms. The second-order valence-corrected chi connectivity index (χ2v) is 3.80. The molecular formula is C9H10Cl2N2O2. The summed E-state index contributed by atoms with van der Waals surface area (Å²) < 4.78 is 0. The first-order chi connectivity index (χ1) is 7.02. The van der Waals surface area contributed by atoms with Crippen molar-refractivity contribution in [1.29, 1.82) is 0 Å². The van der Waals surface area contributed by atoms with Gasteiger partial charge in [-0.1, -0.05) is 23.2 Å². The molecule has 1 rings (SSSR count). The van der Waals surface area contributed by atoms with Gasteiger partial charge in [0, 0.05) is 22.3 Å². The monoisotopic (exact) mass is 248 g/mol. The van der Waals surface area contributed by atoms with Crippen LogP contribution in [0.5, 0.6) is 0 Å². The first-order valence-corrected chi connectivity index (χ1v) is 4.94. The van der Waals surface area contributed by atoms with Crippen LogP contribution in [0.1, 0.15) is 0 Å². The van der Waals surface area contributed by atoms with Crippen molar-refractivity contribution in [3.63, 3.8) is 0 Å². The quantitative estimate of drug-likeness (QED) is 0.760. The maximum atomic E-state index is 10.7. The molecule has 0 aliphatic carbocycles. The molecule has 1 unspecified atom stereocenters. The van der Waals surface area contributed by atoms with Gasteiger partial charge in [0.05, 0.1) is 0 Å². The highest BCUT2D eigenvalue weighted by atomic mass is 35.5. The van der Waals surface area contributed by atoms with Gasteiger partial charge in [-0.3, -0.25) is 0 Å². The molecule has 0 heterocycles. The van der Waals surface area contributed by atoms with Crippen molar-refractivity contribution in [3.8, 4) is 0 Å². The zero-order valence-electron chi connectivity index (χ0n) is 7.71. The molecule has 0 saturated heterocycles. The molecule has 1 aromatic rings. The average Bonchev–Trinajstić information content (AvgIpc) is 2.12. The molecule has 1 aromatic carbocycles. The van der Waals surface area contributed by atoms with Crippen LogP contribution in [0.25, 0.3) is 0 Å². The lowest BCUT2D eigenvalue weighted by molar-refractivity contribution is -0.137.